The molecule has 0 atom stereocenters. The Labute approximate surface area is 207 Å². The van der Waals surface area contributed by atoms with Crippen molar-refractivity contribution in [2.75, 3.05) is 36.0 Å². The van der Waals surface area contributed by atoms with Crippen LogP contribution in [-0.2, 0) is 6.42 Å². The molecule has 2 nitrogen and oxygen atoms in total. The van der Waals surface area contributed by atoms with Gasteiger partial charge in [-0.05, 0) is 86.2 Å². The van der Waals surface area contributed by atoms with Crippen molar-refractivity contribution in [2.24, 2.45) is 0 Å². The predicted molar refractivity (Wildman–Crippen MR) is 152 cm³/mol. The van der Waals surface area contributed by atoms with E-state index >= 15 is 0 Å². The van der Waals surface area contributed by atoms with Crippen molar-refractivity contribution in [1.29, 1.82) is 0 Å². The van der Waals surface area contributed by atoms with Gasteiger partial charge in [-0.1, -0.05) is 73.7 Å². The fraction of sp³-hybridized carbons (Fsp3) is 0.312. The number of rotatable bonds is 11. The molecule has 0 unspecified atom stereocenters. The summed E-state index contributed by atoms with van der Waals surface area (Å²) in [4.78, 5) is 4.76. The third kappa shape index (κ3) is 6.41. The van der Waals surface area contributed by atoms with E-state index in [-0.39, 0.29) is 0 Å². The van der Waals surface area contributed by atoms with Crippen LogP contribution >= 0.6 is 0 Å². The van der Waals surface area contributed by atoms with Crippen LogP contribution in [-0.4, -0.2) is 26.2 Å². The highest BCUT2D eigenvalue weighted by atomic mass is 15.1. The monoisotopic (exact) mass is 452 g/mol. The predicted octanol–water partition coefficient (Wildman–Crippen LogP) is 8.09. The molecule has 0 saturated heterocycles. The van der Waals surface area contributed by atoms with Crippen LogP contribution < -0.4 is 9.80 Å². The number of anilines is 2. The highest BCUT2D eigenvalue weighted by Gasteiger charge is 2.08. The van der Waals surface area contributed by atoms with Gasteiger partial charge in [0, 0.05) is 37.6 Å². The average Bonchev–Trinajstić information content (AvgIpc) is 2.89. The van der Waals surface area contributed by atoms with Crippen molar-refractivity contribution < 1.29 is 0 Å². The molecule has 0 aliphatic rings. The summed E-state index contributed by atoms with van der Waals surface area (Å²) in [7, 11) is 0. The van der Waals surface area contributed by atoms with E-state index in [1.54, 1.807) is 0 Å². The van der Waals surface area contributed by atoms with E-state index in [0.29, 0.717) is 0 Å². The SMILES string of the molecule is CCc1ccc(/C=C/C=C(c2ccc(N(CC)CC)cc2)c2ccc(N(CC)CC)cc2)cc1. The fourth-order valence-electron chi connectivity index (χ4n) is 4.36. The zero-order chi connectivity index (χ0) is 24.3. The van der Waals surface area contributed by atoms with Gasteiger partial charge in [-0.25, -0.2) is 0 Å². The summed E-state index contributed by atoms with van der Waals surface area (Å²) in [5.41, 5.74) is 8.85. The largest absolute Gasteiger partial charge is 0.372 e. The van der Waals surface area contributed by atoms with Crippen LogP contribution in [0.5, 0.6) is 0 Å². The summed E-state index contributed by atoms with van der Waals surface area (Å²) >= 11 is 0. The molecule has 0 amide bonds. The number of hydrogen-bond acceptors (Lipinski definition) is 2. The Morgan fingerprint density at radius 2 is 1.03 bits per heavy atom. The van der Waals surface area contributed by atoms with Crippen LogP contribution in [0.1, 0.15) is 56.9 Å². The van der Waals surface area contributed by atoms with Gasteiger partial charge in [-0.3, -0.25) is 0 Å². The van der Waals surface area contributed by atoms with Crippen molar-refractivity contribution in [3.8, 4) is 0 Å². The van der Waals surface area contributed by atoms with Gasteiger partial charge in [0.05, 0.1) is 0 Å². The lowest BCUT2D eigenvalue weighted by Crippen LogP contribution is -2.21. The van der Waals surface area contributed by atoms with Crippen LogP contribution in [0.15, 0.2) is 84.9 Å². The lowest BCUT2D eigenvalue weighted by atomic mass is 9.96. The normalized spacial score (nSPS) is 11.0. The fourth-order valence-corrected chi connectivity index (χ4v) is 4.36. The second kappa shape index (κ2) is 12.8. The summed E-state index contributed by atoms with van der Waals surface area (Å²) in [6.45, 7) is 15.1. The van der Waals surface area contributed by atoms with Crippen molar-refractivity contribution in [2.45, 2.75) is 41.0 Å². The molecule has 0 radical (unpaired) electrons. The van der Waals surface area contributed by atoms with E-state index in [2.05, 4.69) is 135 Å². The molecule has 3 aromatic carbocycles. The lowest BCUT2D eigenvalue weighted by molar-refractivity contribution is 0.866. The number of aryl methyl sites for hydroxylation is 1. The van der Waals surface area contributed by atoms with Gasteiger partial charge >= 0.3 is 0 Å². The van der Waals surface area contributed by atoms with E-state index in [0.717, 1.165) is 32.6 Å². The van der Waals surface area contributed by atoms with Crippen LogP contribution in [0.2, 0.25) is 0 Å². The molecule has 0 spiro atoms. The molecule has 0 aliphatic heterocycles. The van der Waals surface area contributed by atoms with Crippen molar-refractivity contribution in [3.05, 3.63) is 107 Å². The molecule has 0 N–H and O–H groups in total. The Hall–Kier alpha value is -3.26. The van der Waals surface area contributed by atoms with Gasteiger partial charge in [0.1, 0.15) is 0 Å². The number of benzene rings is 3. The van der Waals surface area contributed by atoms with E-state index in [1.165, 1.54) is 39.2 Å². The van der Waals surface area contributed by atoms with E-state index < -0.39 is 0 Å². The first-order chi connectivity index (χ1) is 16.6. The molecule has 3 aromatic rings. The molecule has 0 heterocycles. The molecule has 34 heavy (non-hydrogen) atoms. The summed E-state index contributed by atoms with van der Waals surface area (Å²) in [5.74, 6) is 0. The summed E-state index contributed by atoms with van der Waals surface area (Å²) in [5, 5.41) is 0. The Bertz CT molecular complexity index is 992. The summed E-state index contributed by atoms with van der Waals surface area (Å²) in [6.07, 6.45) is 7.68. The summed E-state index contributed by atoms with van der Waals surface area (Å²) < 4.78 is 0. The topological polar surface area (TPSA) is 6.48 Å². The lowest BCUT2D eigenvalue weighted by Gasteiger charge is -2.22. The first-order valence-electron chi connectivity index (χ1n) is 12.8. The van der Waals surface area contributed by atoms with Gasteiger partial charge in [-0.2, -0.15) is 0 Å². The Balaban J connectivity index is 1.95. The Kier molecular flexibility index (Phi) is 9.58. The Morgan fingerprint density at radius 3 is 1.41 bits per heavy atom. The van der Waals surface area contributed by atoms with Crippen LogP contribution in [0.4, 0.5) is 11.4 Å². The standard InChI is InChI=1S/C32H40N2/c1-6-26-14-16-27(17-15-26)12-11-13-32(28-18-22-30(23-19-28)33(7-2)8-3)29-20-24-31(25-21-29)34(9-4)10-5/h11-25H,6-10H2,1-5H3/b12-11+. The first-order valence-corrected chi connectivity index (χ1v) is 12.8. The van der Waals surface area contributed by atoms with Crippen LogP contribution in [0.25, 0.3) is 11.6 Å². The number of allylic oxidation sites excluding steroid dienone is 2. The second-order valence-electron chi connectivity index (χ2n) is 8.47. The van der Waals surface area contributed by atoms with Gasteiger partial charge in [0.2, 0.25) is 0 Å². The van der Waals surface area contributed by atoms with Gasteiger partial charge in [0.25, 0.3) is 0 Å². The van der Waals surface area contributed by atoms with Gasteiger partial charge in [0.15, 0.2) is 0 Å². The summed E-state index contributed by atoms with van der Waals surface area (Å²) in [6, 6.07) is 26.8. The minimum atomic E-state index is 1.02. The van der Waals surface area contributed by atoms with Gasteiger partial charge < -0.3 is 9.80 Å². The van der Waals surface area contributed by atoms with E-state index in [9.17, 15) is 0 Å². The first kappa shape index (κ1) is 25.4. The molecule has 3 rings (SSSR count). The smallest absolute Gasteiger partial charge is 0.0366 e. The number of nitrogens with zero attached hydrogens (tertiary/aromatic N) is 2. The maximum atomic E-state index is 2.38. The molecule has 0 aromatic heterocycles. The number of hydrogen-bond donors (Lipinski definition) is 0. The second-order valence-corrected chi connectivity index (χ2v) is 8.47. The molecule has 2 heteroatoms. The van der Waals surface area contributed by atoms with Crippen LogP contribution in [0, 0.1) is 0 Å². The van der Waals surface area contributed by atoms with Gasteiger partial charge in [-0.15, -0.1) is 0 Å². The minimum absolute atomic E-state index is 1.02. The molecule has 0 saturated carbocycles. The van der Waals surface area contributed by atoms with Crippen molar-refractivity contribution in [1.82, 2.24) is 0 Å². The molecule has 0 fully saturated rings. The molecule has 0 aliphatic carbocycles. The Morgan fingerprint density at radius 1 is 0.588 bits per heavy atom. The van der Waals surface area contributed by atoms with Crippen molar-refractivity contribution in [3.63, 3.8) is 0 Å². The van der Waals surface area contributed by atoms with Crippen molar-refractivity contribution >= 4 is 23.0 Å². The maximum Gasteiger partial charge on any atom is 0.0366 e. The third-order valence-corrected chi connectivity index (χ3v) is 6.55. The van der Waals surface area contributed by atoms with E-state index in [4.69, 9.17) is 0 Å². The third-order valence-electron chi connectivity index (χ3n) is 6.55. The zero-order valence-electron chi connectivity index (χ0n) is 21.6. The quantitative estimate of drug-likeness (QED) is 0.271. The maximum absolute atomic E-state index is 2.38. The highest BCUT2D eigenvalue weighted by molar-refractivity contribution is 5.82. The highest BCUT2D eigenvalue weighted by Crippen LogP contribution is 2.28. The van der Waals surface area contributed by atoms with Crippen LogP contribution in [0.3, 0.4) is 0 Å². The average molecular weight is 453 g/mol. The minimum Gasteiger partial charge on any atom is -0.372 e. The molecule has 178 valence electrons. The molecular weight excluding hydrogens is 412 g/mol. The molecular formula is C32H40N2. The zero-order valence-corrected chi connectivity index (χ0v) is 21.6. The molecule has 0 bridgehead atoms. The van der Waals surface area contributed by atoms with E-state index in [1.807, 2.05) is 0 Å².